The molecule has 0 aliphatic carbocycles. The van der Waals surface area contributed by atoms with E-state index in [0.29, 0.717) is 4.88 Å². The molecule has 0 unspecified atom stereocenters. The van der Waals surface area contributed by atoms with E-state index in [1.165, 1.54) is 18.4 Å². The lowest BCUT2D eigenvalue weighted by Crippen LogP contribution is -1.96. The van der Waals surface area contributed by atoms with Crippen LogP contribution in [0.5, 0.6) is 0 Å². The molecule has 3 rings (SSSR count). The van der Waals surface area contributed by atoms with Crippen molar-refractivity contribution >= 4 is 27.4 Å². The van der Waals surface area contributed by atoms with Crippen LogP contribution in [0.1, 0.15) is 15.4 Å². The van der Waals surface area contributed by atoms with Gasteiger partial charge in [-0.25, -0.2) is 4.79 Å². The number of ether oxygens (including phenoxy) is 1. The van der Waals surface area contributed by atoms with Crippen molar-refractivity contribution in [3.63, 3.8) is 0 Å². The number of thiophene rings is 1. The third kappa shape index (κ3) is 2.30. The van der Waals surface area contributed by atoms with E-state index in [0.717, 1.165) is 26.9 Å². The summed E-state index contributed by atoms with van der Waals surface area (Å²) in [6, 6.07) is 12.1. The van der Waals surface area contributed by atoms with Crippen LogP contribution in [0.3, 0.4) is 0 Å². The number of fused-ring (bicyclic) bond motifs is 1. The number of aryl methyl sites for hydroxylation is 1. The predicted octanol–water partition coefficient (Wildman–Crippen LogP) is 4.06. The second kappa shape index (κ2) is 5.06. The molecule has 0 amide bonds. The van der Waals surface area contributed by atoms with Gasteiger partial charge in [-0.2, -0.15) is 0 Å². The van der Waals surface area contributed by atoms with E-state index in [1.807, 2.05) is 37.4 Å². The number of carbonyl (C=O) groups is 1. The van der Waals surface area contributed by atoms with E-state index < -0.39 is 0 Å². The third-order valence-corrected chi connectivity index (χ3v) is 4.23. The van der Waals surface area contributed by atoms with Gasteiger partial charge in [0.25, 0.3) is 0 Å². The van der Waals surface area contributed by atoms with Gasteiger partial charge in [0.15, 0.2) is 0 Å². The van der Waals surface area contributed by atoms with Crippen molar-refractivity contribution in [1.82, 2.24) is 4.98 Å². The van der Waals surface area contributed by atoms with Crippen molar-refractivity contribution in [2.75, 3.05) is 7.11 Å². The molecule has 0 saturated carbocycles. The molecule has 0 bridgehead atoms. The highest BCUT2D eigenvalue weighted by Gasteiger charge is 2.10. The van der Waals surface area contributed by atoms with Crippen LogP contribution in [0.2, 0.25) is 0 Å². The number of pyridine rings is 1. The molecule has 0 atom stereocenters. The second-order valence-corrected chi connectivity index (χ2v) is 5.63. The van der Waals surface area contributed by atoms with Crippen LogP contribution in [0.15, 0.2) is 42.6 Å². The first-order chi connectivity index (χ1) is 9.67. The van der Waals surface area contributed by atoms with Crippen LogP contribution in [-0.4, -0.2) is 18.1 Å². The first-order valence-corrected chi connectivity index (χ1v) is 7.04. The Morgan fingerprint density at radius 2 is 1.95 bits per heavy atom. The fourth-order valence-corrected chi connectivity index (χ4v) is 3.07. The summed E-state index contributed by atoms with van der Waals surface area (Å²) in [5, 5.41) is 1.05. The van der Waals surface area contributed by atoms with Crippen molar-refractivity contribution in [2.45, 2.75) is 6.92 Å². The standard InChI is InChI=1S/C16H13NO2S/c1-10-3-4-13(9-17-10)11-5-6-12-8-15(16(18)19-2)20-14(12)7-11/h3-9H,1-2H3. The summed E-state index contributed by atoms with van der Waals surface area (Å²) < 4.78 is 5.83. The van der Waals surface area contributed by atoms with Crippen molar-refractivity contribution in [3.05, 3.63) is 53.2 Å². The summed E-state index contributed by atoms with van der Waals surface area (Å²) >= 11 is 1.45. The number of hydrogen-bond acceptors (Lipinski definition) is 4. The van der Waals surface area contributed by atoms with E-state index in [4.69, 9.17) is 4.74 Å². The minimum atomic E-state index is -0.287. The number of benzene rings is 1. The SMILES string of the molecule is COC(=O)c1cc2ccc(-c3ccc(C)nc3)cc2s1. The first kappa shape index (κ1) is 12.8. The van der Waals surface area contributed by atoms with Gasteiger partial charge in [-0.1, -0.05) is 18.2 Å². The Balaban J connectivity index is 2.06. The molecule has 2 heterocycles. The van der Waals surface area contributed by atoms with Crippen LogP contribution in [0, 0.1) is 6.92 Å². The molecule has 1 aromatic carbocycles. The summed E-state index contributed by atoms with van der Waals surface area (Å²) in [6.45, 7) is 1.97. The summed E-state index contributed by atoms with van der Waals surface area (Å²) in [6.07, 6.45) is 1.87. The zero-order valence-electron chi connectivity index (χ0n) is 11.2. The molecular formula is C16H13NO2S. The fraction of sp³-hybridized carbons (Fsp3) is 0.125. The van der Waals surface area contributed by atoms with E-state index in [9.17, 15) is 4.79 Å². The smallest absolute Gasteiger partial charge is 0.348 e. The van der Waals surface area contributed by atoms with Crippen molar-refractivity contribution in [2.24, 2.45) is 0 Å². The lowest BCUT2D eigenvalue weighted by atomic mass is 10.1. The zero-order chi connectivity index (χ0) is 14.1. The quantitative estimate of drug-likeness (QED) is 0.666. The first-order valence-electron chi connectivity index (χ1n) is 6.22. The average molecular weight is 283 g/mol. The summed E-state index contributed by atoms with van der Waals surface area (Å²) in [4.78, 5) is 16.5. The van der Waals surface area contributed by atoms with Gasteiger partial charge in [0.05, 0.1) is 7.11 Å². The normalized spacial score (nSPS) is 10.7. The van der Waals surface area contributed by atoms with Gasteiger partial charge in [0.1, 0.15) is 4.88 Å². The lowest BCUT2D eigenvalue weighted by Gasteiger charge is -2.01. The molecule has 4 heteroatoms. The molecule has 0 aliphatic rings. The van der Waals surface area contributed by atoms with Gasteiger partial charge in [-0.3, -0.25) is 4.98 Å². The van der Waals surface area contributed by atoms with Crippen LogP contribution in [0.25, 0.3) is 21.2 Å². The molecule has 0 saturated heterocycles. The number of esters is 1. The molecule has 20 heavy (non-hydrogen) atoms. The topological polar surface area (TPSA) is 39.2 Å². The number of nitrogens with zero attached hydrogens (tertiary/aromatic N) is 1. The maximum Gasteiger partial charge on any atom is 0.348 e. The van der Waals surface area contributed by atoms with Gasteiger partial charge in [0.2, 0.25) is 0 Å². The van der Waals surface area contributed by atoms with Crippen LogP contribution >= 0.6 is 11.3 Å². The Labute approximate surface area is 120 Å². The maximum absolute atomic E-state index is 11.6. The van der Waals surface area contributed by atoms with E-state index in [1.54, 1.807) is 0 Å². The number of methoxy groups -OCH3 is 1. The Bertz CT molecular complexity index is 775. The summed E-state index contributed by atoms with van der Waals surface area (Å²) in [5.74, 6) is -0.287. The molecule has 0 fully saturated rings. The molecule has 100 valence electrons. The molecular weight excluding hydrogens is 270 g/mol. The third-order valence-electron chi connectivity index (χ3n) is 3.15. The monoisotopic (exact) mass is 283 g/mol. The predicted molar refractivity (Wildman–Crippen MR) is 81.1 cm³/mol. The number of rotatable bonds is 2. The summed E-state index contributed by atoms with van der Waals surface area (Å²) in [7, 11) is 1.40. The van der Waals surface area contributed by atoms with Crippen LogP contribution in [0.4, 0.5) is 0 Å². The number of aromatic nitrogens is 1. The molecule has 2 aromatic heterocycles. The molecule has 0 spiro atoms. The van der Waals surface area contributed by atoms with Crippen LogP contribution in [-0.2, 0) is 4.74 Å². The van der Waals surface area contributed by atoms with E-state index in [2.05, 4.69) is 17.1 Å². The van der Waals surface area contributed by atoms with Gasteiger partial charge in [-0.15, -0.1) is 11.3 Å². The molecule has 0 aliphatic heterocycles. The number of hydrogen-bond donors (Lipinski definition) is 0. The molecule has 0 radical (unpaired) electrons. The van der Waals surface area contributed by atoms with E-state index in [-0.39, 0.29) is 5.97 Å². The summed E-state index contributed by atoms with van der Waals surface area (Å²) in [5.41, 5.74) is 3.17. The van der Waals surface area contributed by atoms with Crippen molar-refractivity contribution in [1.29, 1.82) is 0 Å². The van der Waals surface area contributed by atoms with Gasteiger partial charge < -0.3 is 4.74 Å². The largest absolute Gasteiger partial charge is 0.465 e. The maximum atomic E-state index is 11.6. The minimum Gasteiger partial charge on any atom is -0.465 e. The Kier molecular flexibility index (Phi) is 3.24. The van der Waals surface area contributed by atoms with Crippen molar-refractivity contribution in [3.8, 4) is 11.1 Å². The van der Waals surface area contributed by atoms with E-state index >= 15 is 0 Å². The Hall–Kier alpha value is -2.20. The second-order valence-electron chi connectivity index (χ2n) is 4.54. The average Bonchev–Trinajstić information content (AvgIpc) is 2.90. The highest BCUT2D eigenvalue weighted by molar-refractivity contribution is 7.20. The fourth-order valence-electron chi connectivity index (χ4n) is 2.05. The molecule has 3 aromatic rings. The molecule has 3 nitrogen and oxygen atoms in total. The van der Waals surface area contributed by atoms with Gasteiger partial charge >= 0.3 is 5.97 Å². The van der Waals surface area contributed by atoms with Gasteiger partial charge in [-0.05, 0) is 36.1 Å². The zero-order valence-corrected chi connectivity index (χ0v) is 12.0. The van der Waals surface area contributed by atoms with Crippen LogP contribution < -0.4 is 0 Å². The Morgan fingerprint density at radius 1 is 1.15 bits per heavy atom. The lowest BCUT2D eigenvalue weighted by molar-refractivity contribution is 0.0606. The highest BCUT2D eigenvalue weighted by Crippen LogP contribution is 2.30. The van der Waals surface area contributed by atoms with Crippen molar-refractivity contribution < 1.29 is 9.53 Å². The number of carbonyl (C=O) groups excluding carboxylic acids is 1. The van der Waals surface area contributed by atoms with Gasteiger partial charge in [0, 0.05) is 22.2 Å². The Morgan fingerprint density at radius 3 is 2.65 bits per heavy atom. The molecule has 0 N–H and O–H groups in total. The highest BCUT2D eigenvalue weighted by atomic mass is 32.1. The minimum absolute atomic E-state index is 0.287.